The van der Waals surface area contributed by atoms with Gasteiger partial charge in [-0.1, -0.05) is 30.3 Å². The summed E-state index contributed by atoms with van der Waals surface area (Å²) in [5.41, 5.74) is 1.82. The summed E-state index contributed by atoms with van der Waals surface area (Å²) in [4.78, 5) is 38.2. The van der Waals surface area contributed by atoms with Crippen LogP contribution in [0.2, 0.25) is 0 Å². The summed E-state index contributed by atoms with van der Waals surface area (Å²) in [6.07, 6.45) is 1.64. The van der Waals surface area contributed by atoms with Crippen molar-refractivity contribution in [3.8, 4) is 0 Å². The maximum Gasteiger partial charge on any atom is 0.243 e. The Bertz CT molecular complexity index is 858. The van der Waals surface area contributed by atoms with Crippen LogP contribution in [0.1, 0.15) is 32.3 Å². The molecule has 0 atom stereocenters. The quantitative estimate of drug-likeness (QED) is 0.776. The molecule has 0 aromatic heterocycles. The summed E-state index contributed by atoms with van der Waals surface area (Å²) < 4.78 is 0. The van der Waals surface area contributed by atoms with Gasteiger partial charge in [0.05, 0.1) is 12.0 Å². The second-order valence-electron chi connectivity index (χ2n) is 7.07. The highest BCUT2D eigenvalue weighted by atomic mass is 16.2. The monoisotopic (exact) mass is 379 g/mol. The lowest BCUT2D eigenvalue weighted by Crippen LogP contribution is -2.43. The summed E-state index contributed by atoms with van der Waals surface area (Å²) in [5, 5.41) is 5.48. The molecule has 28 heavy (non-hydrogen) atoms. The van der Waals surface area contributed by atoms with Crippen LogP contribution >= 0.6 is 0 Å². The molecule has 6 heteroatoms. The van der Waals surface area contributed by atoms with E-state index in [1.807, 2.05) is 37.3 Å². The summed E-state index contributed by atoms with van der Waals surface area (Å²) in [6, 6.07) is 16.6. The minimum absolute atomic E-state index is 0.0113. The number of hydrogen-bond donors (Lipinski definition) is 2. The molecule has 2 aromatic carbocycles. The highest BCUT2D eigenvalue weighted by Gasteiger charge is 2.52. The van der Waals surface area contributed by atoms with Gasteiger partial charge in [0.25, 0.3) is 0 Å². The molecule has 2 N–H and O–H groups in total. The Morgan fingerprint density at radius 3 is 2.00 bits per heavy atom. The fraction of sp³-hybridized carbons (Fsp3) is 0.318. The first-order valence-corrected chi connectivity index (χ1v) is 9.47. The van der Waals surface area contributed by atoms with Crippen LogP contribution in [0.25, 0.3) is 0 Å². The van der Waals surface area contributed by atoms with Gasteiger partial charge in [-0.25, -0.2) is 0 Å². The average molecular weight is 379 g/mol. The second kappa shape index (κ2) is 8.25. The van der Waals surface area contributed by atoms with Crippen LogP contribution in [-0.4, -0.2) is 35.7 Å². The van der Waals surface area contributed by atoms with Crippen molar-refractivity contribution in [1.29, 1.82) is 0 Å². The van der Waals surface area contributed by atoms with Gasteiger partial charge in [-0.15, -0.1) is 0 Å². The van der Waals surface area contributed by atoms with Crippen LogP contribution in [0.4, 0.5) is 11.4 Å². The first-order valence-electron chi connectivity index (χ1n) is 9.47. The fourth-order valence-corrected chi connectivity index (χ4v) is 3.35. The van der Waals surface area contributed by atoms with Gasteiger partial charge in [-0.05, 0) is 49.6 Å². The number of anilines is 2. The van der Waals surface area contributed by atoms with Gasteiger partial charge >= 0.3 is 0 Å². The SMILES string of the molecule is CCN(CC(=O)Nc1ccc(NC(C)=O)cc1)C(=O)C1(c2ccccc2)CC1. The van der Waals surface area contributed by atoms with Crippen LogP contribution in [0, 0.1) is 0 Å². The lowest BCUT2D eigenvalue weighted by Gasteiger charge is -2.26. The van der Waals surface area contributed by atoms with Crippen molar-refractivity contribution < 1.29 is 14.4 Å². The van der Waals surface area contributed by atoms with Crippen molar-refractivity contribution in [2.24, 2.45) is 0 Å². The van der Waals surface area contributed by atoms with E-state index in [1.54, 1.807) is 29.2 Å². The smallest absolute Gasteiger partial charge is 0.243 e. The zero-order chi connectivity index (χ0) is 20.1. The number of carbonyl (C=O) groups excluding carboxylic acids is 3. The zero-order valence-corrected chi connectivity index (χ0v) is 16.2. The molecule has 0 spiro atoms. The van der Waals surface area contributed by atoms with Crippen LogP contribution in [0.5, 0.6) is 0 Å². The molecule has 0 heterocycles. The van der Waals surface area contributed by atoms with Crippen molar-refractivity contribution in [3.63, 3.8) is 0 Å². The molecule has 3 amide bonds. The van der Waals surface area contributed by atoms with Gasteiger partial charge in [0, 0.05) is 24.8 Å². The Morgan fingerprint density at radius 1 is 0.929 bits per heavy atom. The number of nitrogens with zero attached hydrogens (tertiary/aromatic N) is 1. The topological polar surface area (TPSA) is 78.5 Å². The molecule has 1 fully saturated rings. The molecular weight excluding hydrogens is 354 g/mol. The van der Waals surface area contributed by atoms with Crippen LogP contribution in [-0.2, 0) is 19.8 Å². The molecular formula is C22H25N3O3. The molecule has 0 radical (unpaired) electrons. The first kappa shape index (κ1) is 19.6. The molecule has 2 aromatic rings. The third kappa shape index (κ3) is 4.39. The third-order valence-electron chi connectivity index (χ3n) is 4.98. The number of likely N-dealkylation sites (N-methyl/N-ethyl adjacent to an activating group) is 1. The fourth-order valence-electron chi connectivity index (χ4n) is 3.35. The minimum atomic E-state index is -0.475. The van der Waals surface area contributed by atoms with E-state index >= 15 is 0 Å². The van der Waals surface area contributed by atoms with E-state index < -0.39 is 5.41 Å². The summed E-state index contributed by atoms with van der Waals surface area (Å²) >= 11 is 0. The molecule has 6 nitrogen and oxygen atoms in total. The maximum absolute atomic E-state index is 13.1. The number of carbonyl (C=O) groups is 3. The Kier molecular flexibility index (Phi) is 5.78. The Hall–Kier alpha value is -3.15. The number of benzene rings is 2. The number of nitrogens with one attached hydrogen (secondary N) is 2. The van der Waals surface area contributed by atoms with Gasteiger partial charge in [-0.2, -0.15) is 0 Å². The molecule has 1 aliphatic rings. The van der Waals surface area contributed by atoms with Gasteiger partial charge in [0.2, 0.25) is 17.7 Å². The molecule has 0 aliphatic heterocycles. The van der Waals surface area contributed by atoms with E-state index in [2.05, 4.69) is 10.6 Å². The maximum atomic E-state index is 13.1. The van der Waals surface area contributed by atoms with Crippen LogP contribution in [0.15, 0.2) is 54.6 Å². The summed E-state index contributed by atoms with van der Waals surface area (Å²) in [5.74, 6) is -0.384. The largest absolute Gasteiger partial charge is 0.333 e. The number of rotatable bonds is 7. The van der Waals surface area contributed by atoms with Crippen molar-refractivity contribution >= 4 is 29.1 Å². The minimum Gasteiger partial charge on any atom is -0.333 e. The van der Waals surface area contributed by atoms with Crippen molar-refractivity contribution in [2.75, 3.05) is 23.7 Å². The predicted octanol–water partition coefficient (Wildman–Crippen LogP) is 3.16. The molecule has 1 saturated carbocycles. The van der Waals surface area contributed by atoms with Gasteiger partial charge in [-0.3, -0.25) is 14.4 Å². The number of hydrogen-bond acceptors (Lipinski definition) is 3. The van der Waals surface area contributed by atoms with E-state index in [0.29, 0.717) is 17.9 Å². The van der Waals surface area contributed by atoms with Crippen LogP contribution in [0.3, 0.4) is 0 Å². The van der Waals surface area contributed by atoms with E-state index in [1.165, 1.54) is 6.92 Å². The molecule has 146 valence electrons. The average Bonchev–Trinajstić information content (AvgIpc) is 3.49. The van der Waals surface area contributed by atoms with E-state index in [4.69, 9.17) is 0 Å². The summed E-state index contributed by atoms with van der Waals surface area (Å²) in [7, 11) is 0. The Labute approximate surface area is 164 Å². The normalized spacial score (nSPS) is 14.1. The molecule has 0 bridgehead atoms. The third-order valence-corrected chi connectivity index (χ3v) is 4.98. The van der Waals surface area contributed by atoms with E-state index in [9.17, 15) is 14.4 Å². The van der Waals surface area contributed by atoms with Crippen molar-refractivity contribution in [3.05, 3.63) is 60.2 Å². The Balaban J connectivity index is 1.62. The lowest BCUT2D eigenvalue weighted by molar-refractivity contribution is -0.136. The predicted molar refractivity (Wildman–Crippen MR) is 109 cm³/mol. The molecule has 1 aliphatic carbocycles. The van der Waals surface area contributed by atoms with Gasteiger partial charge < -0.3 is 15.5 Å². The zero-order valence-electron chi connectivity index (χ0n) is 16.2. The highest BCUT2D eigenvalue weighted by molar-refractivity contribution is 5.98. The molecule has 0 unspecified atom stereocenters. The molecule has 3 rings (SSSR count). The summed E-state index contributed by atoms with van der Waals surface area (Å²) in [6.45, 7) is 3.81. The van der Waals surface area contributed by atoms with Crippen LogP contribution < -0.4 is 10.6 Å². The van der Waals surface area contributed by atoms with Crippen molar-refractivity contribution in [1.82, 2.24) is 4.90 Å². The second-order valence-corrected chi connectivity index (χ2v) is 7.07. The Morgan fingerprint density at radius 2 is 1.50 bits per heavy atom. The first-order chi connectivity index (χ1) is 13.4. The highest BCUT2D eigenvalue weighted by Crippen LogP contribution is 2.49. The van der Waals surface area contributed by atoms with E-state index in [-0.39, 0.29) is 24.3 Å². The van der Waals surface area contributed by atoms with Gasteiger partial charge in [0.1, 0.15) is 0 Å². The van der Waals surface area contributed by atoms with Gasteiger partial charge in [0.15, 0.2) is 0 Å². The standard InChI is InChI=1S/C22H25N3O3/c1-3-25(21(28)22(13-14-22)17-7-5-4-6-8-17)15-20(27)24-19-11-9-18(10-12-19)23-16(2)26/h4-12H,3,13-15H2,1-2H3,(H,23,26)(H,24,27). The lowest BCUT2D eigenvalue weighted by atomic mass is 9.94. The van der Waals surface area contributed by atoms with E-state index in [0.717, 1.165) is 18.4 Å². The molecule has 0 saturated heterocycles. The number of amides is 3. The van der Waals surface area contributed by atoms with Crippen molar-refractivity contribution in [2.45, 2.75) is 32.1 Å².